The second-order valence-electron chi connectivity index (χ2n) is 6.45. The molecule has 144 valence electrons. The number of esters is 1. The number of hydrogen-bond acceptors (Lipinski definition) is 6. The third-order valence-electron chi connectivity index (χ3n) is 4.11. The van der Waals surface area contributed by atoms with Crippen molar-refractivity contribution in [1.29, 1.82) is 0 Å². The van der Waals surface area contributed by atoms with Crippen molar-refractivity contribution in [3.8, 4) is 0 Å². The Bertz CT molecular complexity index is 955. The van der Waals surface area contributed by atoms with Crippen molar-refractivity contribution in [3.05, 3.63) is 77.0 Å². The molecule has 3 aromatic rings. The smallest absolute Gasteiger partial charge is 0.340 e. The quantitative estimate of drug-likeness (QED) is 0.586. The first kappa shape index (κ1) is 19.4. The van der Waals surface area contributed by atoms with Gasteiger partial charge in [0.1, 0.15) is 5.82 Å². The lowest BCUT2D eigenvalue weighted by Crippen LogP contribution is -2.09. The van der Waals surface area contributed by atoms with Gasteiger partial charge in [0, 0.05) is 18.3 Å². The third kappa shape index (κ3) is 5.07. The van der Waals surface area contributed by atoms with E-state index in [1.165, 1.54) is 5.56 Å². The van der Waals surface area contributed by atoms with Crippen LogP contribution in [0.2, 0.25) is 0 Å². The number of carbonyl (C=O) groups is 1. The Morgan fingerprint density at radius 3 is 2.54 bits per heavy atom. The molecule has 0 amide bonds. The number of anilines is 3. The molecule has 2 aromatic carbocycles. The lowest BCUT2D eigenvalue weighted by molar-refractivity contribution is 0.0527. The number of nitrogens with one attached hydrogen (secondary N) is 2. The summed E-state index contributed by atoms with van der Waals surface area (Å²) in [6.45, 7) is 6.71. The van der Waals surface area contributed by atoms with Crippen LogP contribution in [0.25, 0.3) is 0 Å². The Hall–Kier alpha value is -3.41. The average Bonchev–Trinajstić information content (AvgIpc) is 2.68. The molecule has 0 saturated heterocycles. The average molecular weight is 376 g/mol. The van der Waals surface area contributed by atoms with E-state index in [1.807, 2.05) is 25.1 Å². The van der Waals surface area contributed by atoms with Gasteiger partial charge in [-0.25, -0.2) is 9.78 Å². The molecule has 1 aromatic heterocycles. The van der Waals surface area contributed by atoms with Gasteiger partial charge in [-0.2, -0.15) is 4.98 Å². The van der Waals surface area contributed by atoms with E-state index in [1.54, 1.807) is 19.1 Å². The molecule has 0 aliphatic rings. The van der Waals surface area contributed by atoms with Crippen LogP contribution in [0.3, 0.4) is 0 Å². The summed E-state index contributed by atoms with van der Waals surface area (Å²) in [7, 11) is 0. The number of hydrogen-bond donors (Lipinski definition) is 2. The fraction of sp³-hybridized carbons (Fsp3) is 0.227. The molecule has 0 fully saturated rings. The highest BCUT2D eigenvalue weighted by atomic mass is 16.5. The first-order valence-electron chi connectivity index (χ1n) is 9.23. The minimum atomic E-state index is -0.367. The first-order chi connectivity index (χ1) is 13.5. The largest absolute Gasteiger partial charge is 0.462 e. The summed E-state index contributed by atoms with van der Waals surface area (Å²) in [5.41, 5.74) is 4.30. The van der Waals surface area contributed by atoms with E-state index >= 15 is 0 Å². The molecule has 6 nitrogen and oxygen atoms in total. The first-order valence-corrected chi connectivity index (χ1v) is 9.23. The summed E-state index contributed by atoms with van der Waals surface area (Å²) in [6.07, 6.45) is 0. The van der Waals surface area contributed by atoms with E-state index < -0.39 is 0 Å². The summed E-state index contributed by atoms with van der Waals surface area (Å²) in [5, 5.41) is 6.46. The normalized spacial score (nSPS) is 10.4. The fourth-order valence-corrected chi connectivity index (χ4v) is 2.72. The van der Waals surface area contributed by atoms with Gasteiger partial charge in [0.05, 0.1) is 17.9 Å². The molecule has 6 heteroatoms. The van der Waals surface area contributed by atoms with Crippen LogP contribution in [0.5, 0.6) is 0 Å². The van der Waals surface area contributed by atoms with Crippen molar-refractivity contribution in [1.82, 2.24) is 9.97 Å². The molecule has 0 radical (unpaired) electrons. The number of aromatic nitrogens is 2. The van der Waals surface area contributed by atoms with Crippen LogP contribution >= 0.6 is 0 Å². The molecule has 0 aliphatic carbocycles. The van der Waals surface area contributed by atoms with Crippen molar-refractivity contribution in [3.63, 3.8) is 0 Å². The molecule has 0 atom stereocenters. The minimum Gasteiger partial charge on any atom is -0.462 e. The third-order valence-corrected chi connectivity index (χ3v) is 4.11. The van der Waals surface area contributed by atoms with Gasteiger partial charge in [-0.1, -0.05) is 42.0 Å². The molecule has 0 spiro atoms. The lowest BCUT2D eigenvalue weighted by Gasteiger charge is -2.13. The highest BCUT2D eigenvalue weighted by Crippen LogP contribution is 2.22. The molecule has 0 aliphatic heterocycles. The van der Waals surface area contributed by atoms with Crippen LogP contribution in [0.15, 0.2) is 54.6 Å². The summed E-state index contributed by atoms with van der Waals surface area (Å²) in [5.74, 6) is 0.765. The maximum atomic E-state index is 12.2. The van der Waals surface area contributed by atoms with Crippen LogP contribution in [0, 0.1) is 13.8 Å². The number of rotatable bonds is 7. The molecule has 2 N–H and O–H groups in total. The van der Waals surface area contributed by atoms with Crippen molar-refractivity contribution < 1.29 is 9.53 Å². The fourth-order valence-electron chi connectivity index (χ4n) is 2.72. The number of aryl methyl sites for hydroxylation is 2. The van der Waals surface area contributed by atoms with Crippen molar-refractivity contribution in [2.45, 2.75) is 27.3 Å². The summed E-state index contributed by atoms with van der Waals surface area (Å²) in [4.78, 5) is 21.1. The zero-order chi connectivity index (χ0) is 19.9. The molecule has 0 unspecified atom stereocenters. The Morgan fingerprint density at radius 1 is 1.04 bits per heavy atom. The zero-order valence-corrected chi connectivity index (χ0v) is 16.3. The number of para-hydroxylation sites is 1. The van der Waals surface area contributed by atoms with E-state index in [9.17, 15) is 4.79 Å². The predicted octanol–water partition coefficient (Wildman–Crippen LogP) is 4.63. The molecule has 28 heavy (non-hydrogen) atoms. The van der Waals surface area contributed by atoms with Gasteiger partial charge in [-0.3, -0.25) is 0 Å². The maximum Gasteiger partial charge on any atom is 0.340 e. The van der Waals surface area contributed by atoms with Gasteiger partial charge in [-0.15, -0.1) is 0 Å². The van der Waals surface area contributed by atoms with Crippen molar-refractivity contribution in [2.75, 3.05) is 17.2 Å². The highest BCUT2D eigenvalue weighted by Gasteiger charge is 2.13. The second-order valence-corrected chi connectivity index (χ2v) is 6.45. The van der Waals surface area contributed by atoms with Crippen LogP contribution < -0.4 is 10.6 Å². The topological polar surface area (TPSA) is 76.1 Å². The van der Waals surface area contributed by atoms with Crippen molar-refractivity contribution >= 4 is 23.4 Å². The van der Waals surface area contributed by atoms with E-state index in [0.717, 1.165) is 11.3 Å². The molecule has 0 bridgehead atoms. The maximum absolute atomic E-state index is 12.2. The van der Waals surface area contributed by atoms with E-state index in [2.05, 4.69) is 51.8 Å². The highest BCUT2D eigenvalue weighted by molar-refractivity contribution is 5.96. The zero-order valence-electron chi connectivity index (χ0n) is 16.3. The van der Waals surface area contributed by atoms with Gasteiger partial charge in [0.15, 0.2) is 0 Å². The number of carbonyl (C=O) groups excluding carboxylic acids is 1. The Balaban J connectivity index is 1.77. The monoisotopic (exact) mass is 376 g/mol. The number of ether oxygens (including phenoxy) is 1. The Kier molecular flexibility index (Phi) is 6.22. The van der Waals surface area contributed by atoms with Crippen LogP contribution in [0.1, 0.15) is 34.1 Å². The van der Waals surface area contributed by atoms with E-state index in [-0.39, 0.29) is 5.97 Å². The van der Waals surface area contributed by atoms with Crippen molar-refractivity contribution in [2.24, 2.45) is 0 Å². The number of nitrogens with zero attached hydrogens (tertiary/aromatic N) is 2. The Labute approximate surface area is 165 Å². The van der Waals surface area contributed by atoms with Crippen LogP contribution in [0.4, 0.5) is 17.5 Å². The summed E-state index contributed by atoms with van der Waals surface area (Å²) in [6, 6.07) is 17.3. The van der Waals surface area contributed by atoms with Gasteiger partial charge in [-0.05, 0) is 38.5 Å². The van der Waals surface area contributed by atoms with E-state index in [0.29, 0.717) is 36.2 Å². The molecular formula is C22H24N4O2. The molecule has 3 rings (SSSR count). The van der Waals surface area contributed by atoms with Gasteiger partial charge >= 0.3 is 5.97 Å². The summed E-state index contributed by atoms with van der Waals surface area (Å²) >= 11 is 0. The second kappa shape index (κ2) is 8.99. The van der Waals surface area contributed by atoms with Gasteiger partial charge in [0.25, 0.3) is 0 Å². The van der Waals surface area contributed by atoms with Crippen LogP contribution in [-0.2, 0) is 11.3 Å². The standard InChI is InChI=1S/C22H24N4O2/c1-4-28-21(27)18-7-5-6-8-19(18)25-20-13-16(3)24-22(26-20)23-14-17-11-9-15(2)10-12-17/h5-13H,4,14H2,1-3H3,(H2,23,24,25,26). The summed E-state index contributed by atoms with van der Waals surface area (Å²) < 4.78 is 5.13. The molecule has 0 saturated carbocycles. The SMILES string of the molecule is CCOC(=O)c1ccccc1Nc1cc(C)nc(NCc2ccc(C)cc2)n1. The van der Waals surface area contributed by atoms with Gasteiger partial charge in [0.2, 0.25) is 5.95 Å². The molecule has 1 heterocycles. The van der Waals surface area contributed by atoms with Gasteiger partial charge < -0.3 is 15.4 Å². The van der Waals surface area contributed by atoms with Crippen LogP contribution in [-0.4, -0.2) is 22.5 Å². The lowest BCUT2D eigenvalue weighted by atomic mass is 10.1. The Morgan fingerprint density at radius 2 is 1.79 bits per heavy atom. The minimum absolute atomic E-state index is 0.326. The predicted molar refractivity (Wildman–Crippen MR) is 111 cm³/mol. The number of benzene rings is 2. The molecular weight excluding hydrogens is 352 g/mol. The van der Waals surface area contributed by atoms with E-state index in [4.69, 9.17) is 4.74 Å².